The molecule has 0 radical (unpaired) electrons. The predicted octanol–water partition coefficient (Wildman–Crippen LogP) is 6.67. The molecule has 0 unspecified atom stereocenters. The van der Waals surface area contributed by atoms with Crippen LogP contribution >= 0.6 is 22.9 Å². The lowest BCUT2D eigenvalue weighted by Crippen LogP contribution is -2.22. The molecule has 0 saturated carbocycles. The Bertz CT molecular complexity index is 956. The van der Waals surface area contributed by atoms with Crippen molar-refractivity contribution in [2.45, 2.75) is 19.6 Å². The van der Waals surface area contributed by atoms with Gasteiger partial charge < -0.3 is 0 Å². The van der Waals surface area contributed by atoms with E-state index in [9.17, 15) is 0 Å². The van der Waals surface area contributed by atoms with Crippen LogP contribution in [0.2, 0.25) is 5.02 Å². The quantitative estimate of drug-likeness (QED) is 0.342. The number of hydrogen-bond donors (Lipinski definition) is 0. The first-order valence-electron chi connectivity index (χ1n) is 9.27. The van der Waals surface area contributed by atoms with Crippen molar-refractivity contribution in [2.75, 3.05) is 0 Å². The van der Waals surface area contributed by atoms with Crippen LogP contribution in [0, 0.1) is 0 Å². The zero-order valence-corrected chi connectivity index (χ0v) is 17.0. The second-order valence-electron chi connectivity index (χ2n) is 6.77. The fourth-order valence-electron chi connectivity index (χ4n) is 3.18. The second kappa shape index (κ2) is 9.16. The maximum absolute atomic E-state index is 6.00. The van der Waals surface area contributed by atoms with Gasteiger partial charge in [0, 0.05) is 35.6 Å². The van der Waals surface area contributed by atoms with Crippen LogP contribution in [-0.4, -0.2) is 9.88 Å². The first-order valence-corrected chi connectivity index (χ1v) is 10.5. The average Bonchev–Trinajstić information content (AvgIpc) is 3.18. The normalized spacial score (nSPS) is 11.1. The molecule has 0 saturated heterocycles. The monoisotopic (exact) mass is 404 g/mol. The van der Waals surface area contributed by atoms with E-state index in [1.165, 1.54) is 11.1 Å². The highest BCUT2D eigenvalue weighted by Gasteiger charge is 2.12. The van der Waals surface area contributed by atoms with Crippen LogP contribution in [0.4, 0.5) is 0 Å². The minimum atomic E-state index is 0.748. The summed E-state index contributed by atoms with van der Waals surface area (Å²) in [6, 6.07) is 29.1. The molecule has 3 aromatic carbocycles. The fraction of sp³-hybridized carbons (Fsp3) is 0.125. The SMILES string of the molecule is Clc1ccc(-c2nc(CN(Cc3ccccc3)Cc3ccccc3)cs2)cc1. The molecular formula is C24H21ClN2S. The summed E-state index contributed by atoms with van der Waals surface area (Å²) < 4.78 is 0. The lowest BCUT2D eigenvalue weighted by molar-refractivity contribution is 0.245. The third kappa shape index (κ3) is 5.08. The van der Waals surface area contributed by atoms with Crippen molar-refractivity contribution < 1.29 is 0 Å². The largest absolute Gasteiger partial charge is 0.289 e. The molecule has 28 heavy (non-hydrogen) atoms. The lowest BCUT2D eigenvalue weighted by atomic mass is 10.1. The summed E-state index contributed by atoms with van der Waals surface area (Å²) >= 11 is 7.69. The number of thiazole rings is 1. The van der Waals surface area contributed by atoms with Gasteiger partial charge in [-0.15, -0.1) is 11.3 Å². The van der Waals surface area contributed by atoms with E-state index in [4.69, 9.17) is 16.6 Å². The molecule has 0 spiro atoms. The summed E-state index contributed by atoms with van der Waals surface area (Å²) in [6.45, 7) is 2.60. The van der Waals surface area contributed by atoms with Crippen LogP contribution in [-0.2, 0) is 19.6 Å². The molecule has 0 bridgehead atoms. The van der Waals surface area contributed by atoms with E-state index in [-0.39, 0.29) is 0 Å². The van der Waals surface area contributed by atoms with E-state index >= 15 is 0 Å². The molecule has 4 aromatic rings. The Hall–Kier alpha value is -2.46. The first kappa shape index (κ1) is 18.9. The molecule has 0 aliphatic carbocycles. The summed E-state index contributed by atoms with van der Waals surface area (Å²) in [6.07, 6.45) is 0. The van der Waals surface area contributed by atoms with E-state index in [0.29, 0.717) is 0 Å². The van der Waals surface area contributed by atoms with Crippen LogP contribution < -0.4 is 0 Å². The van der Waals surface area contributed by atoms with Gasteiger partial charge in [0.15, 0.2) is 0 Å². The second-order valence-corrected chi connectivity index (χ2v) is 8.06. The number of benzene rings is 3. The highest BCUT2D eigenvalue weighted by molar-refractivity contribution is 7.13. The molecule has 140 valence electrons. The molecule has 4 heteroatoms. The summed E-state index contributed by atoms with van der Waals surface area (Å²) in [5.74, 6) is 0. The van der Waals surface area contributed by atoms with Gasteiger partial charge in [0.1, 0.15) is 5.01 Å². The summed E-state index contributed by atoms with van der Waals surface area (Å²) in [4.78, 5) is 7.30. The van der Waals surface area contributed by atoms with E-state index in [1.54, 1.807) is 11.3 Å². The van der Waals surface area contributed by atoms with Crippen molar-refractivity contribution in [3.8, 4) is 10.6 Å². The first-order chi connectivity index (χ1) is 13.8. The molecule has 0 amide bonds. The van der Waals surface area contributed by atoms with Gasteiger partial charge in [-0.25, -0.2) is 4.98 Å². The van der Waals surface area contributed by atoms with Gasteiger partial charge in [-0.05, 0) is 23.3 Å². The van der Waals surface area contributed by atoms with Crippen LogP contribution in [0.1, 0.15) is 16.8 Å². The predicted molar refractivity (Wildman–Crippen MR) is 118 cm³/mol. The number of aromatic nitrogens is 1. The topological polar surface area (TPSA) is 16.1 Å². The van der Waals surface area contributed by atoms with Crippen LogP contribution in [0.5, 0.6) is 0 Å². The molecule has 2 nitrogen and oxygen atoms in total. The standard InChI is InChI=1S/C24H21ClN2S/c25-22-13-11-21(12-14-22)24-26-23(18-28-24)17-27(15-19-7-3-1-4-8-19)16-20-9-5-2-6-10-20/h1-14,18H,15-17H2. The fourth-order valence-corrected chi connectivity index (χ4v) is 4.13. The Labute approximate surface area is 175 Å². The van der Waals surface area contributed by atoms with Gasteiger partial charge in [0.25, 0.3) is 0 Å². The number of halogens is 1. The van der Waals surface area contributed by atoms with E-state index in [0.717, 1.165) is 40.9 Å². The average molecular weight is 405 g/mol. The van der Waals surface area contributed by atoms with Crippen molar-refractivity contribution in [3.63, 3.8) is 0 Å². The zero-order valence-electron chi connectivity index (χ0n) is 15.5. The summed E-state index contributed by atoms with van der Waals surface area (Å²) in [5, 5.41) is 3.94. The van der Waals surface area contributed by atoms with Crippen molar-refractivity contribution >= 4 is 22.9 Å². The Kier molecular flexibility index (Phi) is 6.17. The third-order valence-corrected chi connectivity index (χ3v) is 5.72. The lowest BCUT2D eigenvalue weighted by Gasteiger charge is -2.21. The number of rotatable bonds is 7. The van der Waals surface area contributed by atoms with Crippen molar-refractivity contribution in [1.82, 2.24) is 9.88 Å². The molecule has 0 fully saturated rings. The molecular weight excluding hydrogens is 384 g/mol. The zero-order chi connectivity index (χ0) is 19.2. The molecule has 0 atom stereocenters. The van der Waals surface area contributed by atoms with E-state index < -0.39 is 0 Å². The van der Waals surface area contributed by atoms with Gasteiger partial charge in [-0.2, -0.15) is 0 Å². The van der Waals surface area contributed by atoms with Crippen molar-refractivity contribution in [3.05, 3.63) is 112 Å². The van der Waals surface area contributed by atoms with E-state index in [1.807, 2.05) is 24.3 Å². The summed E-state index contributed by atoms with van der Waals surface area (Å²) in [7, 11) is 0. The van der Waals surface area contributed by atoms with Gasteiger partial charge in [-0.3, -0.25) is 4.90 Å². The number of nitrogens with zero attached hydrogens (tertiary/aromatic N) is 2. The van der Waals surface area contributed by atoms with Crippen LogP contribution in [0.3, 0.4) is 0 Å². The molecule has 4 rings (SSSR count). The van der Waals surface area contributed by atoms with Crippen LogP contribution in [0.25, 0.3) is 10.6 Å². The minimum absolute atomic E-state index is 0.748. The Morgan fingerprint density at radius 3 is 1.86 bits per heavy atom. The highest BCUT2D eigenvalue weighted by atomic mass is 35.5. The van der Waals surface area contributed by atoms with Gasteiger partial charge in [-0.1, -0.05) is 84.4 Å². The van der Waals surface area contributed by atoms with Gasteiger partial charge >= 0.3 is 0 Å². The molecule has 1 aromatic heterocycles. The smallest absolute Gasteiger partial charge is 0.123 e. The maximum atomic E-state index is 6.00. The van der Waals surface area contributed by atoms with Gasteiger partial charge in [0.2, 0.25) is 0 Å². The summed E-state index contributed by atoms with van der Waals surface area (Å²) in [5.41, 5.74) is 4.83. The number of hydrogen-bond acceptors (Lipinski definition) is 3. The third-order valence-electron chi connectivity index (χ3n) is 4.53. The van der Waals surface area contributed by atoms with Crippen molar-refractivity contribution in [2.24, 2.45) is 0 Å². The Balaban J connectivity index is 1.52. The molecule has 0 N–H and O–H groups in total. The Morgan fingerprint density at radius 1 is 0.714 bits per heavy atom. The highest BCUT2D eigenvalue weighted by Crippen LogP contribution is 2.26. The van der Waals surface area contributed by atoms with Crippen LogP contribution in [0.15, 0.2) is 90.3 Å². The van der Waals surface area contributed by atoms with E-state index in [2.05, 4.69) is 70.9 Å². The van der Waals surface area contributed by atoms with Gasteiger partial charge in [0.05, 0.1) is 5.69 Å². The minimum Gasteiger partial charge on any atom is -0.289 e. The molecule has 0 aliphatic rings. The Morgan fingerprint density at radius 2 is 1.29 bits per heavy atom. The maximum Gasteiger partial charge on any atom is 0.123 e. The molecule has 1 heterocycles. The van der Waals surface area contributed by atoms with Crippen molar-refractivity contribution in [1.29, 1.82) is 0 Å². The molecule has 0 aliphatic heterocycles.